The Kier molecular flexibility index (Phi) is 3.54. The molecule has 0 aromatic heterocycles. The molecule has 2 N–H and O–H groups in total. The lowest BCUT2D eigenvalue weighted by molar-refractivity contribution is 0.627. The van der Waals surface area contributed by atoms with Crippen molar-refractivity contribution in [1.29, 1.82) is 0 Å². The molecular weight excluding hydrogens is 283 g/mol. The first-order valence-corrected chi connectivity index (χ1v) is 5.81. The summed E-state index contributed by atoms with van der Waals surface area (Å²) >= 11 is 3.25. The van der Waals surface area contributed by atoms with E-state index < -0.39 is 0 Å². The quantitative estimate of drug-likeness (QED) is 0.666. The molecule has 0 saturated carbocycles. The van der Waals surface area contributed by atoms with Crippen LogP contribution in [0.5, 0.6) is 0 Å². The highest BCUT2D eigenvalue weighted by molar-refractivity contribution is 9.10. The maximum atomic E-state index is 12.9. The number of rotatable bonds is 2. The summed E-state index contributed by atoms with van der Waals surface area (Å²) in [6.45, 7) is 0. The van der Waals surface area contributed by atoms with Gasteiger partial charge in [-0.05, 0) is 34.1 Å². The van der Waals surface area contributed by atoms with E-state index in [-0.39, 0.29) is 5.82 Å². The molecule has 0 bridgehead atoms. The fourth-order valence-corrected chi connectivity index (χ4v) is 1.81. The van der Waals surface area contributed by atoms with Crippen molar-refractivity contribution in [1.82, 2.24) is 0 Å². The Bertz CT molecular complexity index is 553. The highest BCUT2D eigenvalue weighted by atomic mass is 79.9. The molecule has 0 saturated heterocycles. The molecule has 17 heavy (non-hydrogen) atoms. The summed E-state index contributed by atoms with van der Waals surface area (Å²) in [6, 6.07) is 13.7. The van der Waals surface area contributed by atoms with Gasteiger partial charge in [0.05, 0.1) is 5.69 Å². The molecule has 0 unspecified atom stereocenters. The lowest BCUT2D eigenvalue weighted by Crippen LogP contribution is -2.12. The van der Waals surface area contributed by atoms with Crippen molar-refractivity contribution in [2.45, 2.75) is 0 Å². The highest BCUT2D eigenvalue weighted by Gasteiger charge is 2.02. The monoisotopic (exact) mass is 292 g/mol. The van der Waals surface area contributed by atoms with Gasteiger partial charge in [-0.25, -0.2) is 9.38 Å². The topological polar surface area (TPSA) is 38.4 Å². The summed E-state index contributed by atoms with van der Waals surface area (Å²) in [4.78, 5) is 4.25. The fraction of sp³-hybridized carbons (Fsp3) is 0. The largest absolute Gasteiger partial charge is 0.383 e. The van der Waals surface area contributed by atoms with Gasteiger partial charge in [0.2, 0.25) is 0 Å². The average molecular weight is 293 g/mol. The zero-order chi connectivity index (χ0) is 12.3. The van der Waals surface area contributed by atoms with E-state index in [0.717, 1.165) is 5.56 Å². The Morgan fingerprint density at radius 1 is 1.12 bits per heavy atom. The summed E-state index contributed by atoms with van der Waals surface area (Å²) in [5, 5.41) is 0. The van der Waals surface area contributed by atoms with Gasteiger partial charge in [-0.2, -0.15) is 0 Å². The number of halogens is 2. The molecule has 2 rings (SSSR count). The molecule has 0 aliphatic heterocycles. The van der Waals surface area contributed by atoms with Gasteiger partial charge in [-0.15, -0.1) is 0 Å². The number of nitrogens with zero attached hydrogens (tertiary/aromatic N) is 1. The van der Waals surface area contributed by atoms with E-state index in [2.05, 4.69) is 20.9 Å². The van der Waals surface area contributed by atoms with Crippen molar-refractivity contribution >= 4 is 27.5 Å². The van der Waals surface area contributed by atoms with Crippen LogP contribution >= 0.6 is 15.9 Å². The van der Waals surface area contributed by atoms with Crippen molar-refractivity contribution in [3.8, 4) is 0 Å². The Hall–Kier alpha value is -1.68. The van der Waals surface area contributed by atoms with E-state index in [1.54, 1.807) is 6.07 Å². The van der Waals surface area contributed by atoms with Crippen molar-refractivity contribution < 1.29 is 4.39 Å². The molecule has 0 fully saturated rings. The number of nitrogens with two attached hydrogens (primary N) is 1. The first-order valence-electron chi connectivity index (χ1n) is 5.01. The van der Waals surface area contributed by atoms with Crippen molar-refractivity contribution in [2.75, 3.05) is 0 Å². The molecule has 0 heterocycles. The molecular formula is C13H10BrFN2. The van der Waals surface area contributed by atoms with Gasteiger partial charge in [-0.1, -0.05) is 30.3 Å². The van der Waals surface area contributed by atoms with Crippen LogP contribution in [0.25, 0.3) is 0 Å². The number of hydrogen-bond donors (Lipinski definition) is 1. The molecule has 86 valence electrons. The molecule has 0 aliphatic rings. The standard InChI is InChI=1S/C13H10BrFN2/c14-11-8-10(15)6-7-12(11)17-13(16)9-4-2-1-3-5-9/h1-8H,(H2,16,17). The third kappa shape index (κ3) is 2.91. The minimum Gasteiger partial charge on any atom is -0.383 e. The maximum Gasteiger partial charge on any atom is 0.131 e. The van der Waals surface area contributed by atoms with E-state index >= 15 is 0 Å². The molecule has 2 aromatic carbocycles. The lowest BCUT2D eigenvalue weighted by atomic mass is 10.2. The van der Waals surface area contributed by atoms with E-state index in [1.165, 1.54) is 12.1 Å². The molecule has 4 heteroatoms. The third-order valence-corrected chi connectivity index (χ3v) is 2.86. The average Bonchev–Trinajstić information content (AvgIpc) is 2.34. The van der Waals surface area contributed by atoms with Crippen molar-refractivity contribution in [3.05, 3.63) is 64.4 Å². The molecule has 0 aliphatic carbocycles. The first kappa shape index (κ1) is 11.8. The second kappa shape index (κ2) is 5.10. The molecule has 2 nitrogen and oxygen atoms in total. The van der Waals surface area contributed by atoms with Crippen LogP contribution in [0.2, 0.25) is 0 Å². The minimum absolute atomic E-state index is 0.311. The predicted octanol–water partition coefficient (Wildman–Crippen LogP) is 3.63. The van der Waals surface area contributed by atoms with Gasteiger partial charge in [0, 0.05) is 10.0 Å². The number of amidine groups is 1. The maximum absolute atomic E-state index is 12.9. The summed E-state index contributed by atoms with van der Waals surface area (Å²) < 4.78 is 13.5. The van der Waals surface area contributed by atoms with Crippen LogP contribution in [0.1, 0.15) is 5.56 Å². The predicted molar refractivity (Wildman–Crippen MR) is 70.9 cm³/mol. The fourth-order valence-electron chi connectivity index (χ4n) is 1.38. The van der Waals surface area contributed by atoms with Crippen LogP contribution in [0.3, 0.4) is 0 Å². The van der Waals surface area contributed by atoms with E-state index in [1.807, 2.05) is 30.3 Å². The molecule has 2 aromatic rings. The van der Waals surface area contributed by atoms with Gasteiger partial charge in [0.15, 0.2) is 0 Å². The molecule has 0 atom stereocenters. The summed E-state index contributed by atoms with van der Waals surface area (Å²) in [7, 11) is 0. The Morgan fingerprint density at radius 2 is 1.82 bits per heavy atom. The van der Waals surface area contributed by atoms with Crippen LogP contribution in [0.15, 0.2) is 58.0 Å². The van der Waals surface area contributed by atoms with E-state index in [0.29, 0.717) is 16.0 Å². The van der Waals surface area contributed by atoms with Crippen LogP contribution in [0, 0.1) is 5.82 Å². The van der Waals surface area contributed by atoms with Gasteiger partial charge < -0.3 is 5.73 Å². The molecule has 0 radical (unpaired) electrons. The van der Waals surface area contributed by atoms with Gasteiger partial charge in [-0.3, -0.25) is 0 Å². The van der Waals surface area contributed by atoms with Crippen LogP contribution < -0.4 is 5.73 Å². The van der Waals surface area contributed by atoms with E-state index in [4.69, 9.17) is 5.73 Å². The minimum atomic E-state index is -0.311. The molecule has 0 spiro atoms. The second-order valence-electron chi connectivity index (χ2n) is 3.46. The highest BCUT2D eigenvalue weighted by Crippen LogP contribution is 2.26. The number of aliphatic imine (C=N–C) groups is 1. The Balaban J connectivity index is 2.36. The second-order valence-corrected chi connectivity index (χ2v) is 4.31. The van der Waals surface area contributed by atoms with Crippen molar-refractivity contribution in [3.63, 3.8) is 0 Å². The van der Waals surface area contributed by atoms with Crippen LogP contribution in [-0.2, 0) is 0 Å². The van der Waals surface area contributed by atoms with Crippen molar-refractivity contribution in [2.24, 2.45) is 10.7 Å². The summed E-state index contributed by atoms with van der Waals surface area (Å²) in [5.41, 5.74) is 7.31. The smallest absolute Gasteiger partial charge is 0.131 e. The van der Waals surface area contributed by atoms with Gasteiger partial charge in [0.1, 0.15) is 11.7 Å². The third-order valence-electron chi connectivity index (χ3n) is 2.22. The van der Waals surface area contributed by atoms with E-state index in [9.17, 15) is 4.39 Å². The zero-order valence-corrected chi connectivity index (χ0v) is 10.5. The summed E-state index contributed by atoms with van der Waals surface area (Å²) in [5.74, 6) is 0.0898. The van der Waals surface area contributed by atoms with Crippen LogP contribution in [0.4, 0.5) is 10.1 Å². The first-order chi connectivity index (χ1) is 8.16. The lowest BCUT2D eigenvalue weighted by Gasteiger charge is -2.02. The Labute approximate surface area is 107 Å². The zero-order valence-electron chi connectivity index (χ0n) is 8.90. The van der Waals surface area contributed by atoms with Gasteiger partial charge >= 0.3 is 0 Å². The van der Waals surface area contributed by atoms with Gasteiger partial charge in [0.25, 0.3) is 0 Å². The van der Waals surface area contributed by atoms with Crippen LogP contribution in [-0.4, -0.2) is 5.84 Å². The SMILES string of the molecule is NC(=Nc1ccc(F)cc1Br)c1ccccc1. The Morgan fingerprint density at radius 3 is 2.47 bits per heavy atom. The summed E-state index contributed by atoms with van der Waals surface area (Å²) in [6.07, 6.45) is 0. The number of benzene rings is 2. The molecule has 0 amide bonds. The number of hydrogen-bond acceptors (Lipinski definition) is 1. The normalized spacial score (nSPS) is 11.5.